The van der Waals surface area contributed by atoms with Crippen LogP contribution in [0, 0.1) is 11.8 Å². The van der Waals surface area contributed by atoms with E-state index in [0.29, 0.717) is 6.04 Å². The van der Waals surface area contributed by atoms with Crippen molar-refractivity contribution in [1.29, 1.82) is 0 Å². The molecule has 0 N–H and O–H groups in total. The Morgan fingerprint density at radius 1 is 1.15 bits per heavy atom. The number of halogens is 2. The molecule has 4 heteroatoms. The highest BCUT2D eigenvalue weighted by atomic mass is 19.3. The summed E-state index contributed by atoms with van der Waals surface area (Å²) in [6, 6.07) is 6.76. The smallest absolute Gasteiger partial charge is 0.251 e. The highest BCUT2D eigenvalue weighted by molar-refractivity contribution is 5.62. The summed E-state index contributed by atoms with van der Waals surface area (Å²) in [5.74, 6) is 6.59. The molecule has 0 radical (unpaired) electrons. The van der Waals surface area contributed by atoms with Crippen molar-refractivity contribution in [3.05, 3.63) is 29.3 Å². The van der Waals surface area contributed by atoms with E-state index < -0.39 is 6.43 Å². The summed E-state index contributed by atoms with van der Waals surface area (Å²) in [5, 5.41) is 0. The average molecular weight is 363 g/mol. The number of hydrogen-bond donors (Lipinski definition) is 0. The van der Waals surface area contributed by atoms with Crippen LogP contribution in [-0.2, 0) is 6.42 Å². The van der Waals surface area contributed by atoms with Crippen molar-refractivity contribution in [3.63, 3.8) is 0 Å². The first-order valence-corrected chi connectivity index (χ1v) is 9.98. The van der Waals surface area contributed by atoms with Gasteiger partial charge < -0.3 is 4.90 Å². The fourth-order valence-corrected chi connectivity index (χ4v) is 3.85. The fourth-order valence-electron chi connectivity index (χ4n) is 3.85. The summed E-state index contributed by atoms with van der Waals surface area (Å²) >= 11 is 0. The number of benzene rings is 1. The Morgan fingerprint density at radius 2 is 1.92 bits per heavy atom. The van der Waals surface area contributed by atoms with Crippen molar-refractivity contribution in [2.45, 2.75) is 71.9 Å². The molecule has 0 bridgehead atoms. The number of likely N-dealkylation sites (tertiary alicyclic amines) is 1. The molecular formula is C22H32F2N2. The van der Waals surface area contributed by atoms with E-state index in [2.05, 4.69) is 48.8 Å². The molecule has 0 saturated carbocycles. The first-order chi connectivity index (χ1) is 12.6. The number of hydrogen-bond acceptors (Lipinski definition) is 2. The van der Waals surface area contributed by atoms with Crippen LogP contribution in [0.15, 0.2) is 18.2 Å². The standard InChI is InChI=1S/C20H26F2N2.C2H6/c1-15(2)24-13-5-8-18-16(6-3-9-19(18)24)10-11-17-7-4-12-23(17)14-20(21)22;1-2/h3,6,9,15,17,20H,4-5,7-8,12-14H2,1-2H3;1-2H3. The zero-order valence-electron chi connectivity index (χ0n) is 16.6. The maximum Gasteiger partial charge on any atom is 0.251 e. The van der Waals surface area contributed by atoms with Crippen LogP contribution in [0.4, 0.5) is 14.5 Å². The van der Waals surface area contributed by atoms with Crippen molar-refractivity contribution in [2.75, 3.05) is 24.5 Å². The molecule has 1 saturated heterocycles. The lowest BCUT2D eigenvalue weighted by molar-refractivity contribution is 0.0913. The van der Waals surface area contributed by atoms with Gasteiger partial charge in [-0.3, -0.25) is 4.90 Å². The molecule has 3 rings (SSSR count). The Balaban J connectivity index is 0.00000117. The topological polar surface area (TPSA) is 6.48 Å². The molecule has 1 aromatic rings. The van der Waals surface area contributed by atoms with E-state index in [0.717, 1.165) is 44.3 Å². The van der Waals surface area contributed by atoms with Gasteiger partial charge in [0.25, 0.3) is 6.43 Å². The number of fused-ring (bicyclic) bond motifs is 1. The highest BCUT2D eigenvalue weighted by Gasteiger charge is 2.25. The Labute approximate surface area is 157 Å². The second-order valence-corrected chi connectivity index (χ2v) is 7.01. The molecule has 2 aliphatic rings. The van der Waals surface area contributed by atoms with Crippen molar-refractivity contribution >= 4 is 5.69 Å². The fraction of sp³-hybridized carbons (Fsp3) is 0.636. The summed E-state index contributed by atoms with van der Waals surface area (Å²) in [7, 11) is 0. The van der Waals surface area contributed by atoms with Crippen molar-refractivity contribution in [2.24, 2.45) is 0 Å². The molecular weight excluding hydrogens is 330 g/mol. The van der Waals surface area contributed by atoms with E-state index in [1.165, 1.54) is 11.3 Å². The molecule has 2 heterocycles. The normalized spacial score (nSPS) is 19.7. The number of nitrogens with zero attached hydrogens (tertiary/aromatic N) is 2. The van der Waals surface area contributed by atoms with E-state index in [1.54, 1.807) is 0 Å². The van der Waals surface area contributed by atoms with Gasteiger partial charge in [-0.25, -0.2) is 8.78 Å². The second kappa shape index (κ2) is 9.92. The van der Waals surface area contributed by atoms with E-state index in [4.69, 9.17) is 0 Å². The number of alkyl halides is 2. The van der Waals surface area contributed by atoms with Gasteiger partial charge in [0.15, 0.2) is 0 Å². The van der Waals surface area contributed by atoms with Gasteiger partial charge in [0, 0.05) is 23.8 Å². The van der Waals surface area contributed by atoms with Gasteiger partial charge in [-0.15, -0.1) is 0 Å². The predicted octanol–water partition coefficient (Wildman–Crippen LogP) is 4.95. The molecule has 0 spiro atoms. The van der Waals surface area contributed by atoms with Crippen molar-refractivity contribution < 1.29 is 8.78 Å². The van der Waals surface area contributed by atoms with E-state index in [-0.39, 0.29) is 12.6 Å². The Hall–Kier alpha value is -1.60. The van der Waals surface area contributed by atoms with Gasteiger partial charge in [-0.1, -0.05) is 31.8 Å². The van der Waals surface area contributed by atoms with Gasteiger partial charge in [0.05, 0.1) is 12.6 Å². The third kappa shape index (κ3) is 4.98. The molecule has 2 nitrogen and oxygen atoms in total. The third-order valence-corrected chi connectivity index (χ3v) is 5.02. The molecule has 1 aromatic carbocycles. The second-order valence-electron chi connectivity index (χ2n) is 7.01. The molecule has 0 aromatic heterocycles. The minimum absolute atomic E-state index is 0.0281. The van der Waals surface area contributed by atoms with Crippen LogP contribution in [0.2, 0.25) is 0 Å². The van der Waals surface area contributed by atoms with E-state index in [9.17, 15) is 8.78 Å². The summed E-state index contributed by atoms with van der Waals surface area (Å²) < 4.78 is 25.3. The lowest BCUT2D eigenvalue weighted by atomic mass is 9.95. The van der Waals surface area contributed by atoms with Gasteiger partial charge >= 0.3 is 0 Å². The third-order valence-electron chi connectivity index (χ3n) is 5.02. The highest BCUT2D eigenvalue weighted by Crippen LogP contribution is 2.31. The van der Waals surface area contributed by atoms with Gasteiger partial charge in [-0.2, -0.15) is 0 Å². The minimum atomic E-state index is -2.28. The predicted molar refractivity (Wildman–Crippen MR) is 106 cm³/mol. The van der Waals surface area contributed by atoms with Gasteiger partial charge in [0.2, 0.25) is 0 Å². The van der Waals surface area contributed by atoms with Crippen molar-refractivity contribution in [1.82, 2.24) is 4.90 Å². The molecule has 144 valence electrons. The summed E-state index contributed by atoms with van der Waals surface area (Å²) in [6.07, 6.45) is 1.77. The van der Waals surface area contributed by atoms with E-state index in [1.807, 2.05) is 18.7 Å². The minimum Gasteiger partial charge on any atom is -0.369 e. The van der Waals surface area contributed by atoms with Crippen LogP contribution in [0.5, 0.6) is 0 Å². The maximum atomic E-state index is 12.7. The molecule has 26 heavy (non-hydrogen) atoms. The molecule has 2 aliphatic heterocycles. The van der Waals surface area contributed by atoms with Crippen LogP contribution in [-0.4, -0.2) is 43.0 Å². The molecule has 0 amide bonds. The quantitative estimate of drug-likeness (QED) is 0.702. The van der Waals surface area contributed by atoms with Crippen molar-refractivity contribution in [3.8, 4) is 11.8 Å². The first-order valence-electron chi connectivity index (χ1n) is 9.98. The summed E-state index contributed by atoms with van der Waals surface area (Å²) in [4.78, 5) is 4.26. The Bertz CT molecular complexity index is 631. The number of anilines is 1. The molecule has 0 aliphatic carbocycles. The summed E-state index contributed by atoms with van der Waals surface area (Å²) in [5.41, 5.74) is 3.68. The monoisotopic (exact) mass is 362 g/mol. The largest absolute Gasteiger partial charge is 0.369 e. The molecule has 1 fully saturated rings. The Morgan fingerprint density at radius 3 is 2.62 bits per heavy atom. The maximum absolute atomic E-state index is 12.7. The number of rotatable bonds is 3. The van der Waals surface area contributed by atoms with Crippen LogP contribution in [0.3, 0.4) is 0 Å². The first kappa shape index (κ1) is 20.7. The summed E-state index contributed by atoms with van der Waals surface area (Å²) in [6.45, 7) is 10.1. The van der Waals surface area contributed by atoms with Gasteiger partial charge in [-0.05, 0) is 63.8 Å². The molecule has 1 unspecified atom stereocenters. The van der Waals surface area contributed by atoms with Crippen LogP contribution < -0.4 is 4.90 Å². The zero-order valence-corrected chi connectivity index (χ0v) is 16.6. The Kier molecular flexibility index (Phi) is 7.90. The van der Waals surface area contributed by atoms with Crippen LogP contribution in [0.25, 0.3) is 0 Å². The lowest BCUT2D eigenvalue weighted by Crippen LogP contribution is -2.35. The average Bonchev–Trinajstić information content (AvgIpc) is 3.07. The van der Waals surface area contributed by atoms with Crippen LogP contribution >= 0.6 is 0 Å². The van der Waals surface area contributed by atoms with Crippen LogP contribution in [0.1, 0.15) is 58.1 Å². The SMILES string of the molecule is CC.CC(C)N1CCCc2c(C#CC3CCCN3CC(F)F)cccc21. The van der Waals surface area contributed by atoms with E-state index >= 15 is 0 Å². The lowest BCUT2D eigenvalue weighted by Gasteiger charge is -2.35. The molecule has 1 atom stereocenters. The zero-order chi connectivity index (χ0) is 19.1. The van der Waals surface area contributed by atoms with Gasteiger partial charge in [0.1, 0.15) is 0 Å².